The third kappa shape index (κ3) is 5.20. The smallest absolute Gasteiger partial charge is 0.413 e. The third-order valence-corrected chi connectivity index (χ3v) is 3.25. The van der Waals surface area contributed by atoms with Crippen molar-refractivity contribution >= 4 is 33.8 Å². The first-order valence-corrected chi connectivity index (χ1v) is 7.91. The lowest BCUT2D eigenvalue weighted by Gasteiger charge is -2.35. The van der Waals surface area contributed by atoms with Crippen LogP contribution in [0.1, 0.15) is 46.7 Å². The van der Waals surface area contributed by atoms with Crippen LogP contribution in [0.25, 0.3) is 0 Å². The van der Waals surface area contributed by atoms with Gasteiger partial charge in [0.1, 0.15) is 10.2 Å². The summed E-state index contributed by atoms with van der Waals surface area (Å²) in [5, 5.41) is 9.62. The lowest BCUT2D eigenvalue weighted by Crippen LogP contribution is -2.50. The van der Waals surface area contributed by atoms with Gasteiger partial charge in [0, 0.05) is 0 Å². The summed E-state index contributed by atoms with van der Waals surface area (Å²) < 4.78 is 5.66. The molecule has 1 heterocycles. The van der Waals surface area contributed by atoms with E-state index in [4.69, 9.17) is 11.2 Å². The summed E-state index contributed by atoms with van der Waals surface area (Å²) in [7, 11) is 0. The van der Waals surface area contributed by atoms with Crippen LogP contribution >= 0.6 is 15.9 Å². The average Bonchev–Trinajstić information content (AvgIpc) is 2.36. The minimum Gasteiger partial charge on any atom is -0.465 e. The number of carboxylic acid groups (broad SMARTS) is 1. The first kappa shape index (κ1) is 19.9. The molecule has 0 fully saturated rings. The Labute approximate surface area is 149 Å². The Balaban J connectivity index is 3.23. The number of halogens is 1. The van der Waals surface area contributed by atoms with Gasteiger partial charge in [0.25, 0.3) is 0 Å². The number of carbonyl (C=O) groups is 2. The Kier molecular flexibility index (Phi) is 5.95. The number of ether oxygens (including phenoxy) is 1. The summed E-state index contributed by atoms with van der Waals surface area (Å²) in [5.41, 5.74) is -1.74. The van der Waals surface area contributed by atoms with Gasteiger partial charge in [-0.2, -0.15) is 0 Å². The van der Waals surface area contributed by atoms with Crippen LogP contribution in [0.3, 0.4) is 0 Å². The van der Waals surface area contributed by atoms with E-state index >= 15 is 0 Å². The summed E-state index contributed by atoms with van der Waals surface area (Å²) in [6.45, 7) is 8.40. The fraction of sp³-hybridized carbons (Fsp3) is 0.500. The molecule has 8 heteroatoms. The molecule has 0 aromatic carbocycles. The molecule has 0 aliphatic carbocycles. The SMILES string of the molecule is C#Cc1nc(Br)cnc1N(C(=O)O)C(C)(C)CC(=O)OC(C)(C)C. The molecule has 1 aromatic rings. The van der Waals surface area contributed by atoms with Crippen molar-refractivity contribution in [1.29, 1.82) is 0 Å². The van der Waals surface area contributed by atoms with E-state index in [1.807, 2.05) is 0 Å². The predicted octanol–water partition coefficient (Wildman–Crippen LogP) is 3.22. The molecule has 7 nitrogen and oxygen atoms in total. The molecule has 130 valence electrons. The van der Waals surface area contributed by atoms with Crippen molar-refractivity contribution < 1.29 is 19.4 Å². The number of hydrogen-bond donors (Lipinski definition) is 1. The highest BCUT2D eigenvalue weighted by molar-refractivity contribution is 9.10. The maximum absolute atomic E-state index is 12.1. The minimum absolute atomic E-state index is 0.0123. The molecule has 0 aliphatic heterocycles. The molecule has 0 saturated heterocycles. The van der Waals surface area contributed by atoms with Gasteiger partial charge in [-0.3, -0.25) is 9.69 Å². The number of esters is 1. The van der Waals surface area contributed by atoms with Gasteiger partial charge < -0.3 is 9.84 Å². The largest absolute Gasteiger partial charge is 0.465 e. The average molecular weight is 398 g/mol. The second-order valence-electron chi connectivity index (χ2n) is 6.70. The number of nitrogens with zero attached hydrogens (tertiary/aromatic N) is 3. The van der Waals surface area contributed by atoms with Crippen molar-refractivity contribution in [3.63, 3.8) is 0 Å². The third-order valence-electron chi connectivity index (χ3n) is 2.87. The van der Waals surface area contributed by atoms with E-state index in [-0.39, 0.29) is 17.9 Å². The van der Waals surface area contributed by atoms with E-state index in [9.17, 15) is 14.7 Å². The van der Waals surface area contributed by atoms with Crippen LogP contribution in [-0.2, 0) is 9.53 Å². The quantitative estimate of drug-likeness (QED) is 0.619. The zero-order valence-corrected chi connectivity index (χ0v) is 15.8. The minimum atomic E-state index is -1.29. The van der Waals surface area contributed by atoms with Crippen LogP contribution in [0.15, 0.2) is 10.8 Å². The van der Waals surface area contributed by atoms with Gasteiger partial charge in [0.2, 0.25) is 0 Å². The van der Waals surface area contributed by atoms with E-state index in [1.54, 1.807) is 34.6 Å². The highest BCUT2D eigenvalue weighted by Crippen LogP contribution is 2.29. The van der Waals surface area contributed by atoms with Crippen LogP contribution in [0, 0.1) is 12.3 Å². The van der Waals surface area contributed by atoms with Crippen molar-refractivity contribution in [3.05, 3.63) is 16.5 Å². The maximum atomic E-state index is 12.1. The number of aromatic nitrogens is 2. The maximum Gasteiger partial charge on any atom is 0.413 e. The van der Waals surface area contributed by atoms with Gasteiger partial charge >= 0.3 is 12.1 Å². The first-order valence-electron chi connectivity index (χ1n) is 7.11. The predicted molar refractivity (Wildman–Crippen MR) is 92.7 cm³/mol. The first-order chi connectivity index (χ1) is 10.9. The molecule has 0 spiro atoms. The van der Waals surface area contributed by atoms with Crippen molar-refractivity contribution in [2.45, 2.75) is 52.2 Å². The number of rotatable bonds is 4. The van der Waals surface area contributed by atoms with Crippen LogP contribution in [0.4, 0.5) is 10.6 Å². The van der Waals surface area contributed by atoms with Crippen molar-refractivity contribution in [1.82, 2.24) is 9.97 Å². The van der Waals surface area contributed by atoms with Gasteiger partial charge in [-0.25, -0.2) is 14.8 Å². The van der Waals surface area contributed by atoms with Crippen LogP contribution in [0.2, 0.25) is 0 Å². The van der Waals surface area contributed by atoms with E-state index < -0.39 is 23.2 Å². The van der Waals surface area contributed by atoms with E-state index in [0.29, 0.717) is 4.60 Å². The highest BCUT2D eigenvalue weighted by atomic mass is 79.9. The fourth-order valence-electron chi connectivity index (χ4n) is 2.07. The molecule has 1 amide bonds. The van der Waals surface area contributed by atoms with Gasteiger partial charge in [0.05, 0.1) is 18.2 Å². The molecule has 1 N–H and O–H groups in total. The zero-order valence-electron chi connectivity index (χ0n) is 14.3. The molecule has 0 aliphatic rings. The standard InChI is InChI=1S/C16H20BrN3O4/c1-7-10-13(18-9-11(17)19-10)20(14(22)23)16(5,6)8-12(21)24-15(2,3)4/h1,9H,8H2,2-6H3,(H,22,23). The molecule has 1 rings (SSSR count). The normalized spacial score (nSPS) is 11.5. The number of hydrogen-bond acceptors (Lipinski definition) is 5. The second kappa shape index (κ2) is 7.18. The second-order valence-corrected chi connectivity index (χ2v) is 7.52. The van der Waals surface area contributed by atoms with Crippen LogP contribution in [0.5, 0.6) is 0 Å². The summed E-state index contributed by atoms with van der Waals surface area (Å²) in [4.78, 5) is 32.9. The Morgan fingerprint density at radius 1 is 1.38 bits per heavy atom. The lowest BCUT2D eigenvalue weighted by molar-refractivity contribution is -0.155. The van der Waals surface area contributed by atoms with Gasteiger partial charge in [0.15, 0.2) is 11.5 Å². The van der Waals surface area contributed by atoms with Gasteiger partial charge in [-0.1, -0.05) is 0 Å². The topological polar surface area (TPSA) is 92.6 Å². The Bertz CT molecular complexity index is 690. The van der Waals surface area contributed by atoms with Crippen molar-refractivity contribution in [2.75, 3.05) is 4.90 Å². The van der Waals surface area contributed by atoms with Crippen molar-refractivity contribution in [2.24, 2.45) is 0 Å². The summed E-state index contributed by atoms with van der Waals surface area (Å²) >= 11 is 3.14. The van der Waals surface area contributed by atoms with E-state index in [0.717, 1.165) is 4.90 Å². The van der Waals surface area contributed by atoms with Gasteiger partial charge in [-0.05, 0) is 56.5 Å². The Morgan fingerprint density at radius 2 is 1.96 bits per heavy atom. The molecular weight excluding hydrogens is 378 g/mol. The number of amides is 1. The van der Waals surface area contributed by atoms with Crippen molar-refractivity contribution in [3.8, 4) is 12.3 Å². The Hall–Kier alpha value is -2.14. The lowest BCUT2D eigenvalue weighted by atomic mass is 9.98. The molecule has 0 atom stereocenters. The molecule has 1 aromatic heterocycles. The van der Waals surface area contributed by atoms with Gasteiger partial charge in [-0.15, -0.1) is 6.42 Å². The monoisotopic (exact) mass is 397 g/mol. The summed E-state index contributed by atoms with van der Waals surface area (Å²) in [5.74, 6) is 1.78. The van der Waals surface area contributed by atoms with Crippen LogP contribution in [-0.4, -0.2) is 38.3 Å². The van der Waals surface area contributed by atoms with E-state index in [1.165, 1.54) is 6.20 Å². The van der Waals surface area contributed by atoms with Crippen LogP contribution < -0.4 is 4.90 Å². The number of carbonyl (C=O) groups excluding carboxylic acids is 1. The molecule has 0 radical (unpaired) electrons. The number of terminal acetylenes is 1. The molecule has 24 heavy (non-hydrogen) atoms. The summed E-state index contributed by atoms with van der Waals surface area (Å²) in [6.07, 6.45) is 5.28. The molecule has 0 saturated carbocycles. The Morgan fingerprint density at radius 3 is 2.42 bits per heavy atom. The molecule has 0 unspecified atom stereocenters. The molecular formula is C16H20BrN3O4. The summed E-state index contributed by atoms with van der Waals surface area (Å²) in [6, 6.07) is 0. The fourth-order valence-corrected chi connectivity index (χ4v) is 2.35. The molecule has 0 bridgehead atoms. The highest BCUT2D eigenvalue weighted by Gasteiger charge is 2.38. The zero-order chi connectivity index (χ0) is 18.7. The van der Waals surface area contributed by atoms with E-state index in [2.05, 4.69) is 31.8 Å². The number of anilines is 1.